The Morgan fingerprint density at radius 2 is 2.10 bits per heavy atom. The smallest absolute Gasteiger partial charge is 0.303 e. The van der Waals surface area contributed by atoms with E-state index < -0.39 is 5.97 Å². The Hall–Kier alpha value is -1.06. The highest BCUT2D eigenvalue weighted by Crippen LogP contribution is 2.30. The van der Waals surface area contributed by atoms with Crippen molar-refractivity contribution in [3.8, 4) is 0 Å². The van der Waals surface area contributed by atoms with Crippen LogP contribution < -0.4 is 0 Å². The summed E-state index contributed by atoms with van der Waals surface area (Å²) in [7, 11) is 0. The zero-order valence-electron chi connectivity index (χ0n) is 11.9. The highest BCUT2D eigenvalue weighted by Gasteiger charge is 2.27. The van der Waals surface area contributed by atoms with Gasteiger partial charge in [-0.2, -0.15) is 0 Å². The number of likely N-dealkylation sites (tertiary alicyclic amines) is 1. The van der Waals surface area contributed by atoms with Gasteiger partial charge in [0.05, 0.1) is 0 Å². The number of aliphatic carboxylic acids is 1. The lowest BCUT2D eigenvalue weighted by Crippen LogP contribution is -2.41. The second-order valence-electron chi connectivity index (χ2n) is 5.55. The van der Waals surface area contributed by atoms with Crippen LogP contribution in [0.5, 0.6) is 0 Å². The van der Waals surface area contributed by atoms with Crippen LogP contribution in [0.1, 0.15) is 50.6 Å². The van der Waals surface area contributed by atoms with Crippen LogP contribution in [0.4, 0.5) is 0 Å². The molecule has 110 valence electrons. The molecule has 0 saturated carbocycles. The van der Waals surface area contributed by atoms with E-state index in [-0.39, 0.29) is 6.42 Å². The molecule has 0 aromatic heterocycles. The third kappa shape index (κ3) is 3.97. The Morgan fingerprint density at radius 3 is 2.75 bits per heavy atom. The summed E-state index contributed by atoms with van der Waals surface area (Å²) < 4.78 is 0. The number of benzene rings is 1. The maximum atomic E-state index is 10.8. The number of carboxylic acid groups (broad SMARTS) is 1. The first-order chi connectivity index (χ1) is 9.58. The molecule has 1 aliphatic heterocycles. The molecule has 2 unspecified atom stereocenters. The second-order valence-corrected chi connectivity index (χ2v) is 5.98. The second kappa shape index (κ2) is 7.09. The van der Waals surface area contributed by atoms with Gasteiger partial charge in [-0.05, 0) is 50.4 Å². The van der Waals surface area contributed by atoms with E-state index in [9.17, 15) is 4.79 Å². The van der Waals surface area contributed by atoms with Gasteiger partial charge < -0.3 is 5.11 Å². The van der Waals surface area contributed by atoms with Gasteiger partial charge in [-0.3, -0.25) is 9.69 Å². The van der Waals surface area contributed by atoms with Crippen LogP contribution in [0.15, 0.2) is 24.3 Å². The number of hydrogen-bond donors (Lipinski definition) is 1. The molecule has 1 saturated heterocycles. The summed E-state index contributed by atoms with van der Waals surface area (Å²) in [6.07, 6.45) is 4.50. The fourth-order valence-electron chi connectivity index (χ4n) is 3.07. The fourth-order valence-corrected chi connectivity index (χ4v) is 3.19. The molecule has 2 atom stereocenters. The van der Waals surface area contributed by atoms with Gasteiger partial charge in [-0.25, -0.2) is 0 Å². The van der Waals surface area contributed by atoms with Crippen LogP contribution in [-0.4, -0.2) is 28.6 Å². The van der Waals surface area contributed by atoms with E-state index in [0.717, 1.165) is 24.4 Å². The minimum Gasteiger partial charge on any atom is -0.481 e. The van der Waals surface area contributed by atoms with E-state index in [1.54, 1.807) is 0 Å². The van der Waals surface area contributed by atoms with Gasteiger partial charge in [0.2, 0.25) is 0 Å². The van der Waals surface area contributed by atoms with Crippen molar-refractivity contribution in [1.29, 1.82) is 0 Å². The van der Waals surface area contributed by atoms with Gasteiger partial charge in [0, 0.05) is 23.5 Å². The Morgan fingerprint density at radius 1 is 1.40 bits per heavy atom. The largest absolute Gasteiger partial charge is 0.481 e. The first kappa shape index (κ1) is 15.3. The molecule has 0 aliphatic carbocycles. The molecule has 20 heavy (non-hydrogen) atoms. The topological polar surface area (TPSA) is 40.5 Å². The number of halogens is 1. The van der Waals surface area contributed by atoms with E-state index in [1.165, 1.54) is 18.4 Å². The number of carbonyl (C=O) groups is 1. The third-order valence-corrected chi connectivity index (χ3v) is 4.47. The molecule has 1 aromatic carbocycles. The van der Waals surface area contributed by atoms with E-state index in [1.807, 2.05) is 12.1 Å². The quantitative estimate of drug-likeness (QED) is 0.888. The minimum atomic E-state index is -0.699. The van der Waals surface area contributed by atoms with E-state index >= 15 is 0 Å². The van der Waals surface area contributed by atoms with Gasteiger partial charge in [0.25, 0.3) is 0 Å². The van der Waals surface area contributed by atoms with Crippen molar-refractivity contribution in [2.24, 2.45) is 0 Å². The lowest BCUT2D eigenvalue weighted by molar-refractivity contribution is -0.137. The summed E-state index contributed by atoms with van der Waals surface area (Å²) in [6.45, 7) is 3.25. The first-order valence-electron chi connectivity index (χ1n) is 7.31. The van der Waals surface area contributed by atoms with Crippen molar-refractivity contribution < 1.29 is 9.90 Å². The third-order valence-electron chi connectivity index (χ3n) is 4.21. The van der Waals surface area contributed by atoms with Gasteiger partial charge >= 0.3 is 5.97 Å². The summed E-state index contributed by atoms with van der Waals surface area (Å²) in [6, 6.07) is 8.66. The summed E-state index contributed by atoms with van der Waals surface area (Å²) >= 11 is 5.94. The summed E-state index contributed by atoms with van der Waals surface area (Å²) in [4.78, 5) is 13.2. The number of rotatable bonds is 5. The van der Waals surface area contributed by atoms with E-state index in [0.29, 0.717) is 12.1 Å². The molecular formula is C16H22ClNO2. The SMILES string of the molecule is CC(c1ccc(Cl)cc1)N1CCCCC1CCC(=O)O. The van der Waals surface area contributed by atoms with Crippen molar-refractivity contribution in [2.75, 3.05) is 6.54 Å². The Kier molecular flexibility index (Phi) is 5.44. The Balaban J connectivity index is 2.06. The molecule has 0 spiro atoms. The molecule has 4 heteroatoms. The van der Waals surface area contributed by atoms with Crippen LogP contribution in [0, 0.1) is 0 Å². The molecule has 1 heterocycles. The number of piperidine rings is 1. The van der Waals surface area contributed by atoms with Crippen LogP contribution in [0.3, 0.4) is 0 Å². The Bertz CT molecular complexity index is 446. The van der Waals surface area contributed by atoms with Crippen LogP contribution in [0.2, 0.25) is 5.02 Å². The van der Waals surface area contributed by atoms with Gasteiger partial charge in [-0.15, -0.1) is 0 Å². The highest BCUT2D eigenvalue weighted by molar-refractivity contribution is 6.30. The highest BCUT2D eigenvalue weighted by atomic mass is 35.5. The normalized spacial score (nSPS) is 21.6. The maximum absolute atomic E-state index is 10.8. The molecule has 1 fully saturated rings. The monoisotopic (exact) mass is 295 g/mol. The fraction of sp³-hybridized carbons (Fsp3) is 0.562. The van der Waals surface area contributed by atoms with Crippen molar-refractivity contribution in [3.63, 3.8) is 0 Å². The summed E-state index contributed by atoms with van der Waals surface area (Å²) in [5.74, 6) is -0.699. The van der Waals surface area contributed by atoms with Crippen molar-refractivity contribution in [2.45, 2.75) is 51.1 Å². The van der Waals surface area contributed by atoms with Gasteiger partial charge in [0.1, 0.15) is 0 Å². The average molecular weight is 296 g/mol. The van der Waals surface area contributed by atoms with Gasteiger partial charge in [-0.1, -0.05) is 30.2 Å². The molecule has 0 bridgehead atoms. The van der Waals surface area contributed by atoms with Crippen molar-refractivity contribution in [1.82, 2.24) is 4.90 Å². The number of hydrogen-bond acceptors (Lipinski definition) is 2. The molecule has 1 aliphatic rings. The maximum Gasteiger partial charge on any atom is 0.303 e. The number of nitrogens with zero attached hydrogens (tertiary/aromatic N) is 1. The molecule has 3 nitrogen and oxygen atoms in total. The minimum absolute atomic E-state index is 0.258. The van der Waals surface area contributed by atoms with Gasteiger partial charge in [0.15, 0.2) is 0 Å². The zero-order valence-corrected chi connectivity index (χ0v) is 12.6. The van der Waals surface area contributed by atoms with Crippen LogP contribution in [-0.2, 0) is 4.79 Å². The number of carboxylic acids is 1. The predicted molar refractivity (Wildman–Crippen MR) is 81.1 cm³/mol. The summed E-state index contributed by atoms with van der Waals surface area (Å²) in [5, 5.41) is 9.64. The van der Waals surface area contributed by atoms with Crippen LogP contribution in [0.25, 0.3) is 0 Å². The lowest BCUT2D eigenvalue weighted by atomic mass is 9.94. The molecule has 1 aromatic rings. The van der Waals surface area contributed by atoms with E-state index in [2.05, 4.69) is 24.0 Å². The Labute approximate surface area is 125 Å². The molecule has 0 radical (unpaired) electrons. The first-order valence-corrected chi connectivity index (χ1v) is 7.68. The molecule has 1 N–H and O–H groups in total. The van der Waals surface area contributed by atoms with Crippen molar-refractivity contribution >= 4 is 17.6 Å². The predicted octanol–water partition coefficient (Wildman–Crippen LogP) is 4.12. The zero-order chi connectivity index (χ0) is 14.5. The molecular weight excluding hydrogens is 274 g/mol. The summed E-state index contributed by atoms with van der Waals surface area (Å²) in [5.41, 5.74) is 1.25. The average Bonchev–Trinajstić information content (AvgIpc) is 2.45. The molecule has 0 amide bonds. The molecule has 2 rings (SSSR count). The standard InChI is InChI=1S/C16H22ClNO2/c1-12(13-5-7-14(17)8-6-13)18-11-3-2-4-15(18)9-10-16(19)20/h5-8,12,15H,2-4,9-11H2,1H3,(H,19,20). The van der Waals surface area contributed by atoms with Crippen molar-refractivity contribution in [3.05, 3.63) is 34.9 Å². The van der Waals surface area contributed by atoms with E-state index in [4.69, 9.17) is 16.7 Å². The lowest BCUT2D eigenvalue weighted by Gasteiger charge is -2.40. The van der Waals surface area contributed by atoms with Crippen LogP contribution >= 0.6 is 11.6 Å².